The van der Waals surface area contributed by atoms with Crippen LogP contribution in [0.2, 0.25) is 0 Å². The van der Waals surface area contributed by atoms with Crippen LogP contribution in [-0.2, 0) is 11.2 Å². The van der Waals surface area contributed by atoms with Gasteiger partial charge in [-0.3, -0.25) is 0 Å². The molecule has 1 N–H and O–H groups in total. The van der Waals surface area contributed by atoms with Gasteiger partial charge in [-0.05, 0) is 30.5 Å². The van der Waals surface area contributed by atoms with Crippen LogP contribution in [0, 0.1) is 0 Å². The van der Waals surface area contributed by atoms with Gasteiger partial charge in [0.1, 0.15) is 0 Å². The number of nitrogens with one attached hydrogen (secondary N) is 1. The summed E-state index contributed by atoms with van der Waals surface area (Å²) in [7, 11) is 1.76. The lowest BCUT2D eigenvalue weighted by atomic mass is 10.0. The zero-order valence-corrected chi connectivity index (χ0v) is 13.3. The Kier molecular flexibility index (Phi) is 8.97. The monoisotopic (exact) mass is 281 g/mol. The lowest BCUT2D eigenvalue weighted by Crippen LogP contribution is -2.24. The van der Waals surface area contributed by atoms with Crippen LogP contribution >= 0.6 is 11.8 Å². The molecule has 0 saturated heterocycles. The maximum absolute atomic E-state index is 5.10. The van der Waals surface area contributed by atoms with E-state index >= 15 is 0 Å². The van der Waals surface area contributed by atoms with E-state index in [1.54, 1.807) is 7.11 Å². The Labute approximate surface area is 122 Å². The molecule has 1 atom stereocenters. The third kappa shape index (κ3) is 6.46. The van der Waals surface area contributed by atoms with Gasteiger partial charge in [-0.15, -0.1) is 0 Å². The average Bonchev–Trinajstić information content (AvgIpc) is 2.47. The summed E-state index contributed by atoms with van der Waals surface area (Å²) in [6, 6.07) is 9.48. The van der Waals surface area contributed by atoms with Gasteiger partial charge in [-0.1, -0.05) is 38.1 Å². The van der Waals surface area contributed by atoms with E-state index in [9.17, 15) is 0 Å². The number of rotatable bonds is 10. The van der Waals surface area contributed by atoms with Crippen LogP contribution in [0.4, 0.5) is 0 Å². The lowest BCUT2D eigenvalue weighted by molar-refractivity contribution is 0.218. The van der Waals surface area contributed by atoms with Gasteiger partial charge in [0.25, 0.3) is 0 Å². The standard InChI is InChI=1S/C16H27NOS/c1-4-10-17-16(13-19-12-11-18-3)15-8-6-14(5-2)7-9-15/h6-9,16-17H,4-5,10-13H2,1-3H3. The summed E-state index contributed by atoms with van der Waals surface area (Å²) in [5.74, 6) is 2.17. The number of hydrogen-bond donors (Lipinski definition) is 1. The molecule has 0 bridgehead atoms. The number of hydrogen-bond acceptors (Lipinski definition) is 3. The highest BCUT2D eigenvalue weighted by Gasteiger charge is 2.10. The molecule has 0 saturated carbocycles. The highest BCUT2D eigenvalue weighted by molar-refractivity contribution is 7.99. The van der Waals surface area contributed by atoms with Crippen LogP contribution in [0.1, 0.15) is 37.4 Å². The van der Waals surface area contributed by atoms with E-state index in [0.29, 0.717) is 6.04 Å². The SMILES string of the molecule is CCCNC(CSCCOC)c1ccc(CC)cc1. The zero-order valence-electron chi connectivity index (χ0n) is 12.4. The maximum Gasteiger partial charge on any atom is 0.0552 e. The molecule has 0 aliphatic rings. The first-order valence-corrected chi connectivity index (χ1v) is 8.36. The lowest BCUT2D eigenvalue weighted by Gasteiger charge is -2.19. The molecule has 0 aromatic heterocycles. The van der Waals surface area contributed by atoms with Gasteiger partial charge < -0.3 is 10.1 Å². The van der Waals surface area contributed by atoms with Gasteiger partial charge in [0.05, 0.1) is 6.61 Å². The molecule has 108 valence electrons. The van der Waals surface area contributed by atoms with Crippen molar-refractivity contribution in [1.82, 2.24) is 5.32 Å². The predicted octanol–water partition coefficient (Wildman–Crippen LogP) is 3.67. The van der Waals surface area contributed by atoms with E-state index in [0.717, 1.165) is 31.1 Å². The predicted molar refractivity (Wildman–Crippen MR) is 86.1 cm³/mol. The molecule has 0 radical (unpaired) electrons. The Morgan fingerprint density at radius 2 is 1.95 bits per heavy atom. The first-order valence-electron chi connectivity index (χ1n) is 7.20. The molecule has 0 aliphatic carbocycles. The summed E-state index contributed by atoms with van der Waals surface area (Å²) >= 11 is 1.95. The van der Waals surface area contributed by atoms with Crippen molar-refractivity contribution in [2.24, 2.45) is 0 Å². The van der Waals surface area contributed by atoms with Crippen LogP contribution < -0.4 is 5.32 Å². The van der Waals surface area contributed by atoms with Crippen molar-refractivity contribution in [2.75, 3.05) is 31.8 Å². The van der Waals surface area contributed by atoms with Gasteiger partial charge in [-0.2, -0.15) is 11.8 Å². The number of aryl methyl sites for hydroxylation is 1. The number of thioether (sulfide) groups is 1. The summed E-state index contributed by atoms with van der Waals surface area (Å²) in [6.07, 6.45) is 2.28. The third-order valence-electron chi connectivity index (χ3n) is 3.15. The molecule has 1 aromatic rings. The summed E-state index contributed by atoms with van der Waals surface area (Å²) in [4.78, 5) is 0. The van der Waals surface area contributed by atoms with Gasteiger partial charge in [0.15, 0.2) is 0 Å². The van der Waals surface area contributed by atoms with Crippen molar-refractivity contribution in [3.63, 3.8) is 0 Å². The number of benzene rings is 1. The molecule has 19 heavy (non-hydrogen) atoms. The van der Waals surface area contributed by atoms with Gasteiger partial charge in [-0.25, -0.2) is 0 Å². The molecule has 0 spiro atoms. The molecular formula is C16H27NOS. The summed E-state index contributed by atoms with van der Waals surface area (Å²) in [5.41, 5.74) is 2.81. The summed E-state index contributed by atoms with van der Waals surface area (Å²) < 4.78 is 5.10. The van der Waals surface area contributed by atoms with E-state index in [4.69, 9.17) is 4.74 Å². The Morgan fingerprint density at radius 3 is 2.53 bits per heavy atom. The van der Waals surface area contributed by atoms with Crippen molar-refractivity contribution in [3.8, 4) is 0 Å². The van der Waals surface area contributed by atoms with Crippen LogP contribution in [0.5, 0.6) is 0 Å². The molecule has 0 aliphatic heterocycles. The van der Waals surface area contributed by atoms with Crippen LogP contribution in [-0.4, -0.2) is 31.8 Å². The molecule has 1 aromatic carbocycles. The molecule has 2 nitrogen and oxygen atoms in total. The van der Waals surface area contributed by atoms with Crippen LogP contribution in [0.25, 0.3) is 0 Å². The molecule has 3 heteroatoms. The minimum absolute atomic E-state index is 0.452. The van der Waals surface area contributed by atoms with Crippen molar-refractivity contribution in [1.29, 1.82) is 0 Å². The van der Waals surface area contributed by atoms with Crippen molar-refractivity contribution >= 4 is 11.8 Å². The number of methoxy groups -OCH3 is 1. The zero-order chi connectivity index (χ0) is 13.9. The Morgan fingerprint density at radius 1 is 1.21 bits per heavy atom. The van der Waals surface area contributed by atoms with E-state index in [-0.39, 0.29) is 0 Å². The first-order chi connectivity index (χ1) is 9.31. The molecule has 1 rings (SSSR count). The van der Waals surface area contributed by atoms with Crippen LogP contribution in [0.15, 0.2) is 24.3 Å². The van der Waals surface area contributed by atoms with Gasteiger partial charge >= 0.3 is 0 Å². The Hall–Kier alpha value is -0.510. The smallest absolute Gasteiger partial charge is 0.0552 e. The third-order valence-corrected chi connectivity index (χ3v) is 4.17. The number of ether oxygens (including phenoxy) is 1. The fourth-order valence-electron chi connectivity index (χ4n) is 1.92. The first kappa shape index (κ1) is 16.5. The van der Waals surface area contributed by atoms with Gasteiger partial charge in [0, 0.05) is 24.7 Å². The maximum atomic E-state index is 5.10. The van der Waals surface area contributed by atoms with E-state index in [2.05, 4.69) is 43.4 Å². The quantitative estimate of drug-likeness (QED) is 0.661. The Balaban J connectivity index is 2.55. The fraction of sp³-hybridized carbons (Fsp3) is 0.625. The molecule has 1 unspecified atom stereocenters. The summed E-state index contributed by atoms with van der Waals surface area (Å²) in [5, 5.41) is 3.64. The van der Waals surface area contributed by atoms with Crippen molar-refractivity contribution in [2.45, 2.75) is 32.7 Å². The molecule has 0 amide bonds. The van der Waals surface area contributed by atoms with E-state index in [1.165, 1.54) is 17.5 Å². The topological polar surface area (TPSA) is 21.3 Å². The second-order valence-electron chi connectivity index (χ2n) is 4.67. The second kappa shape index (κ2) is 10.3. The van der Waals surface area contributed by atoms with Crippen LogP contribution in [0.3, 0.4) is 0 Å². The molecular weight excluding hydrogens is 254 g/mol. The average molecular weight is 281 g/mol. The summed E-state index contributed by atoms with van der Waals surface area (Å²) in [6.45, 7) is 6.32. The van der Waals surface area contributed by atoms with E-state index in [1.807, 2.05) is 11.8 Å². The van der Waals surface area contributed by atoms with E-state index < -0.39 is 0 Å². The largest absolute Gasteiger partial charge is 0.384 e. The fourth-order valence-corrected chi connectivity index (χ4v) is 2.92. The second-order valence-corrected chi connectivity index (χ2v) is 5.82. The van der Waals surface area contributed by atoms with Gasteiger partial charge in [0.2, 0.25) is 0 Å². The Bertz CT molecular complexity index is 326. The molecule has 0 heterocycles. The minimum Gasteiger partial charge on any atom is -0.384 e. The van der Waals surface area contributed by atoms with Crippen molar-refractivity contribution < 1.29 is 4.74 Å². The highest BCUT2D eigenvalue weighted by atomic mass is 32.2. The molecule has 0 fully saturated rings. The normalized spacial score (nSPS) is 12.6. The minimum atomic E-state index is 0.452. The highest BCUT2D eigenvalue weighted by Crippen LogP contribution is 2.19. The van der Waals surface area contributed by atoms with Crippen molar-refractivity contribution in [3.05, 3.63) is 35.4 Å².